The van der Waals surface area contributed by atoms with Gasteiger partial charge in [-0.1, -0.05) is 30.3 Å². The Bertz CT molecular complexity index is 799. The Morgan fingerprint density at radius 2 is 1.88 bits per heavy atom. The number of hydrogen-bond donors (Lipinski definition) is 0. The first-order chi connectivity index (χ1) is 12.6. The van der Waals surface area contributed by atoms with Crippen LogP contribution in [0.5, 0.6) is 5.75 Å². The molecule has 3 rings (SSSR count). The fourth-order valence-corrected chi connectivity index (χ4v) is 3.79. The lowest BCUT2D eigenvalue weighted by atomic mass is 9.97. The number of likely N-dealkylation sites (tertiary alicyclic amines) is 1. The van der Waals surface area contributed by atoms with E-state index in [2.05, 4.69) is 15.9 Å². The number of carbonyl (C=O) groups is 2. The van der Waals surface area contributed by atoms with Gasteiger partial charge < -0.3 is 14.4 Å². The molecule has 0 N–H and O–H groups in total. The van der Waals surface area contributed by atoms with Crippen molar-refractivity contribution in [1.82, 2.24) is 4.90 Å². The van der Waals surface area contributed by atoms with E-state index in [9.17, 15) is 9.59 Å². The van der Waals surface area contributed by atoms with Gasteiger partial charge >= 0.3 is 5.97 Å². The Morgan fingerprint density at radius 3 is 2.62 bits per heavy atom. The van der Waals surface area contributed by atoms with Crippen molar-refractivity contribution in [3.63, 3.8) is 0 Å². The second-order valence-corrected chi connectivity index (χ2v) is 7.09. The Morgan fingerprint density at radius 1 is 1.15 bits per heavy atom. The van der Waals surface area contributed by atoms with Crippen molar-refractivity contribution in [2.75, 3.05) is 26.3 Å². The molecule has 1 amide bonds. The minimum atomic E-state index is -0.157. The fraction of sp³-hybridized carbons (Fsp3) is 0.400. The molecule has 0 aliphatic carbocycles. The number of carbonyl (C=O) groups excluding carboxylic acids is 2. The molecule has 1 aliphatic heterocycles. The van der Waals surface area contributed by atoms with Crippen molar-refractivity contribution < 1.29 is 19.1 Å². The molecule has 0 saturated carbocycles. The average Bonchev–Trinajstić information content (AvgIpc) is 2.68. The van der Waals surface area contributed by atoms with Crippen LogP contribution >= 0.6 is 15.9 Å². The molecule has 0 spiro atoms. The number of ether oxygens (including phenoxy) is 2. The maximum Gasteiger partial charge on any atom is 0.309 e. The predicted molar refractivity (Wildman–Crippen MR) is 103 cm³/mol. The quantitative estimate of drug-likeness (QED) is 0.691. The third kappa shape index (κ3) is 4.18. The van der Waals surface area contributed by atoms with Gasteiger partial charge in [-0.05, 0) is 52.5 Å². The van der Waals surface area contributed by atoms with Gasteiger partial charge in [-0.2, -0.15) is 0 Å². The van der Waals surface area contributed by atoms with Crippen molar-refractivity contribution in [3.8, 4) is 5.75 Å². The summed E-state index contributed by atoms with van der Waals surface area (Å²) >= 11 is 3.57. The largest absolute Gasteiger partial charge is 0.483 e. The summed E-state index contributed by atoms with van der Waals surface area (Å²) in [4.78, 5) is 25.9. The van der Waals surface area contributed by atoms with E-state index in [0.29, 0.717) is 38.3 Å². The predicted octanol–water partition coefficient (Wildman–Crippen LogP) is 3.78. The SMILES string of the molecule is CCOC(=O)C1CCN(C(=O)COc2ccc3ccccc3c2Br)CC1. The summed E-state index contributed by atoms with van der Waals surface area (Å²) in [7, 11) is 0. The van der Waals surface area contributed by atoms with Gasteiger partial charge in [0.05, 0.1) is 17.0 Å². The summed E-state index contributed by atoms with van der Waals surface area (Å²) in [6.45, 7) is 3.31. The molecule has 1 fully saturated rings. The van der Waals surface area contributed by atoms with Gasteiger partial charge in [-0.25, -0.2) is 0 Å². The molecule has 5 nitrogen and oxygen atoms in total. The zero-order valence-corrected chi connectivity index (χ0v) is 16.3. The molecule has 2 aromatic rings. The van der Waals surface area contributed by atoms with Gasteiger partial charge in [0.2, 0.25) is 0 Å². The van der Waals surface area contributed by atoms with Crippen LogP contribution in [0.1, 0.15) is 19.8 Å². The first-order valence-electron chi connectivity index (χ1n) is 8.84. The molecule has 0 radical (unpaired) electrons. The summed E-state index contributed by atoms with van der Waals surface area (Å²) in [5.74, 6) is 0.330. The fourth-order valence-electron chi connectivity index (χ4n) is 3.18. The van der Waals surface area contributed by atoms with Gasteiger partial charge in [0.25, 0.3) is 5.91 Å². The second kappa shape index (κ2) is 8.54. The first kappa shape index (κ1) is 18.7. The highest BCUT2D eigenvalue weighted by molar-refractivity contribution is 9.10. The number of hydrogen-bond acceptors (Lipinski definition) is 4. The molecule has 6 heteroatoms. The summed E-state index contributed by atoms with van der Waals surface area (Å²) in [5.41, 5.74) is 0. The number of esters is 1. The van der Waals surface area contributed by atoms with Crippen LogP contribution < -0.4 is 4.74 Å². The number of halogens is 1. The summed E-state index contributed by atoms with van der Waals surface area (Å²) < 4.78 is 11.7. The third-order valence-corrected chi connectivity index (χ3v) is 5.46. The van der Waals surface area contributed by atoms with Crippen molar-refractivity contribution >= 4 is 38.6 Å². The molecule has 0 atom stereocenters. The van der Waals surface area contributed by atoms with E-state index in [1.54, 1.807) is 11.8 Å². The normalized spacial score (nSPS) is 15.1. The van der Waals surface area contributed by atoms with Crippen molar-refractivity contribution in [2.45, 2.75) is 19.8 Å². The van der Waals surface area contributed by atoms with Crippen LogP contribution in [0.2, 0.25) is 0 Å². The molecule has 0 aromatic heterocycles. The lowest BCUT2D eigenvalue weighted by molar-refractivity contribution is -0.151. The highest BCUT2D eigenvalue weighted by Gasteiger charge is 2.28. The van der Waals surface area contributed by atoms with E-state index < -0.39 is 0 Å². The lowest BCUT2D eigenvalue weighted by Crippen LogP contribution is -2.42. The van der Waals surface area contributed by atoms with Gasteiger partial charge in [-0.15, -0.1) is 0 Å². The standard InChI is InChI=1S/C20H22BrNO4/c1-2-25-20(24)15-9-11-22(12-10-15)18(23)13-26-17-8-7-14-5-3-4-6-16(14)19(17)21/h3-8,15H,2,9-13H2,1H3. The molecular weight excluding hydrogens is 398 g/mol. The molecule has 26 heavy (non-hydrogen) atoms. The maximum atomic E-state index is 12.4. The number of benzene rings is 2. The maximum absolute atomic E-state index is 12.4. The summed E-state index contributed by atoms with van der Waals surface area (Å²) in [5, 5.41) is 2.16. The van der Waals surface area contributed by atoms with Crippen molar-refractivity contribution in [1.29, 1.82) is 0 Å². The number of nitrogens with zero attached hydrogens (tertiary/aromatic N) is 1. The molecule has 138 valence electrons. The third-order valence-electron chi connectivity index (χ3n) is 4.65. The van der Waals surface area contributed by atoms with Crippen LogP contribution in [0.15, 0.2) is 40.9 Å². The van der Waals surface area contributed by atoms with Crippen LogP contribution in [0.25, 0.3) is 10.8 Å². The Hall–Kier alpha value is -2.08. The highest BCUT2D eigenvalue weighted by atomic mass is 79.9. The van der Waals surface area contributed by atoms with Gasteiger partial charge in [0, 0.05) is 13.1 Å². The first-order valence-corrected chi connectivity index (χ1v) is 9.64. The van der Waals surface area contributed by atoms with E-state index >= 15 is 0 Å². The van der Waals surface area contributed by atoms with Gasteiger partial charge in [0.15, 0.2) is 6.61 Å². The van der Waals surface area contributed by atoms with E-state index in [1.807, 2.05) is 36.4 Å². The second-order valence-electron chi connectivity index (χ2n) is 6.29. The van der Waals surface area contributed by atoms with Crippen LogP contribution in [0.4, 0.5) is 0 Å². The van der Waals surface area contributed by atoms with Crippen LogP contribution in [0.3, 0.4) is 0 Å². The zero-order valence-electron chi connectivity index (χ0n) is 14.7. The number of rotatable bonds is 5. The van der Waals surface area contributed by atoms with Crippen LogP contribution in [-0.2, 0) is 14.3 Å². The van der Waals surface area contributed by atoms with E-state index in [0.717, 1.165) is 15.2 Å². The summed E-state index contributed by atoms with van der Waals surface area (Å²) in [6.07, 6.45) is 1.29. The number of amides is 1. The van der Waals surface area contributed by atoms with E-state index in [1.165, 1.54) is 0 Å². The Balaban J connectivity index is 1.55. The van der Waals surface area contributed by atoms with Crippen molar-refractivity contribution in [3.05, 3.63) is 40.9 Å². The summed E-state index contributed by atoms with van der Waals surface area (Å²) in [6, 6.07) is 11.8. The molecule has 0 bridgehead atoms. The van der Waals surface area contributed by atoms with Crippen LogP contribution in [-0.4, -0.2) is 43.1 Å². The lowest BCUT2D eigenvalue weighted by Gasteiger charge is -2.30. The Kier molecular flexibility index (Phi) is 6.14. The highest BCUT2D eigenvalue weighted by Crippen LogP contribution is 2.33. The number of fused-ring (bicyclic) bond motifs is 1. The molecule has 0 unspecified atom stereocenters. The Labute approximate surface area is 161 Å². The molecule has 2 aromatic carbocycles. The zero-order chi connectivity index (χ0) is 18.5. The van der Waals surface area contributed by atoms with Gasteiger partial charge in [0.1, 0.15) is 5.75 Å². The molecule has 1 aliphatic rings. The van der Waals surface area contributed by atoms with Crippen LogP contribution in [0, 0.1) is 5.92 Å². The topological polar surface area (TPSA) is 55.8 Å². The minimum Gasteiger partial charge on any atom is -0.483 e. The van der Waals surface area contributed by atoms with E-state index in [-0.39, 0.29) is 24.4 Å². The molecule has 1 saturated heterocycles. The minimum absolute atomic E-state index is 0.0129. The smallest absolute Gasteiger partial charge is 0.309 e. The van der Waals surface area contributed by atoms with Gasteiger partial charge in [-0.3, -0.25) is 9.59 Å². The van der Waals surface area contributed by atoms with E-state index in [4.69, 9.17) is 9.47 Å². The number of piperidine rings is 1. The monoisotopic (exact) mass is 419 g/mol. The molecule has 1 heterocycles. The van der Waals surface area contributed by atoms with Crippen molar-refractivity contribution in [2.24, 2.45) is 5.92 Å². The molecular formula is C20H22BrNO4. The average molecular weight is 420 g/mol.